The smallest absolute Gasteiger partial charge is 0.260 e. The molecule has 2 rings (SSSR count). The predicted octanol–water partition coefficient (Wildman–Crippen LogP) is 1.58. The van der Waals surface area contributed by atoms with Crippen LogP contribution in [0.15, 0.2) is 30.3 Å². The molecule has 1 heterocycles. The first-order chi connectivity index (χ1) is 10.2. The largest absolute Gasteiger partial charge is 0.481 e. The molecule has 0 spiro atoms. The number of hydrogen-bond acceptors (Lipinski definition) is 3. The minimum atomic E-state index is -0.575. The Bertz CT molecular complexity index is 470. The molecular weight excluding hydrogens is 268 g/mol. The average molecular weight is 290 g/mol. The lowest BCUT2D eigenvalue weighted by Crippen LogP contribution is -2.38. The van der Waals surface area contributed by atoms with E-state index >= 15 is 0 Å². The lowest BCUT2D eigenvalue weighted by molar-refractivity contribution is -0.130. The van der Waals surface area contributed by atoms with Gasteiger partial charge in [0.15, 0.2) is 6.10 Å². The van der Waals surface area contributed by atoms with Gasteiger partial charge in [0.05, 0.1) is 0 Å². The van der Waals surface area contributed by atoms with E-state index in [1.165, 1.54) is 0 Å². The third-order valence-corrected chi connectivity index (χ3v) is 3.52. The highest BCUT2D eigenvalue weighted by molar-refractivity contribution is 5.82. The van der Waals surface area contributed by atoms with Crippen molar-refractivity contribution in [2.45, 2.75) is 32.3 Å². The minimum absolute atomic E-state index is 0.115. The summed E-state index contributed by atoms with van der Waals surface area (Å²) in [5.74, 6) is 0.575. The first kappa shape index (κ1) is 15.4. The van der Waals surface area contributed by atoms with E-state index in [1.54, 1.807) is 19.1 Å². The van der Waals surface area contributed by atoms with E-state index in [0.29, 0.717) is 18.7 Å². The van der Waals surface area contributed by atoms with Gasteiger partial charge in [0.2, 0.25) is 5.91 Å². The maximum absolute atomic E-state index is 11.9. The summed E-state index contributed by atoms with van der Waals surface area (Å²) in [6.45, 7) is 3.75. The van der Waals surface area contributed by atoms with Gasteiger partial charge in [-0.05, 0) is 31.9 Å². The second-order valence-corrected chi connectivity index (χ2v) is 5.20. The first-order valence-corrected chi connectivity index (χ1v) is 7.44. The zero-order valence-electron chi connectivity index (χ0n) is 12.4. The fraction of sp³-hybridized carbons (Fsp3) is 0.500. The lowest BCUT2D eigenvalue weighted by atomic mass is 10.3. The third-order valence-electron chi connectivity index (χ3n) is 3.52. The summed E-state index contributed by atoms with van der Waals surface area (Å²) in [5.41, 5.74) is 0. The van der Waals surface area contributed by atoms with Gasteiger partial charge in [0.1, 0.15) is 5.75 Å². The zero-order valence-corrected chi connectivity index (χ0v) is 12.4. The number of para-hydroxylation sites is 1. The van der Waals surface area contributed by atoms with E-state index < -0.39 is 6.10 Å². The topological polar surface area (TPSA) is 58.6 Å². The van der Waals surface area contributed by atoms with Crippen molar-refractivity contribution in [1.82, 2.24) is 10.2 Å². The van der Waals surface area contributed by atoms with Gasteiger partial charge < -0.3 is 15.0 Å². The molecule has 1 aliphatic heterocycles. The van der Waals surface area contributed by atoms with Crippen LogP contribution in [0.1, 0.15) is 26.2 Å². The fourth-order valence-electron chi connectivity index (χ4n) is 2.32. The Balaban J connectivity index is 1.67. The van der Waals surface area contributed by atoms with Gasteiger partial charge in [0, 0.05) is 26.1 Å². The first-order valence-electron chi connectivity index (χ1n) is 7.44. The van der Waals surface area contributed by atoms with E-state index in [4.69, 9.17) is 4.74 Å². The van der Waals surface area contributed by atoms with E-state index in [1.807, 2.05) is 23.1 Å². The molecular formula is C16H22N2O3. The Morgan fingerprint density at radius 3 is 2.57 bits per heavy atom. The molecule has 1 aliphatic rings. The molecule has 0 saturated carbocycles. The maximum atomic E-state index is 11.9. The summed E-state index contributed by atoms with van der Waals surface area (Å²) in [6.07, 6.45) is 1.94. The molecule has 1 N–H and O–H groups in total. The number of amides is 2. The number of nitrogens with zero attached hydrogens (tertiary/aromatic N) is 1. The van der Waals surface area contributed by atoms with Crippen LogP contribution in [0.25, 0.3) is 0 Å². The minimum Gasteiger partial charge on any atom is -0.481 e. The van der Waals surface area contributed by atoms with Crippen molar-refractivity contribution in [3.05, 3.63) is 30.3 Å². The van der Waals surface area contributed by atoms with Crippen molar-refractivity contribution < 1.29 is 14.3 Å². The predicted molar refractivity (Wildman–Crippen MR) is 80.0 cm³/mol. The molecule has 0 aromatic heterocycles. The molecule has 1 unspecified atom stereocenters. The number of likely N-dealkylation sites (tertiary alicyclic amines) is 1. The molecule has 21 heavy (non-hydrogen) atoms. The Hall–Kier alpha value is -2.04. The van der Waals surface area contributed by atoms with Crippen LogP contribution < -0.4 is 10.1 Å². The SMILES string of the molecule is CC(Oc1ccccc1)C(=O)NCCC(=O)N1CCCC1. The molecule has 1 fully saturated rings. The summed E-state index contributed by atoms with van der Waals surface area (Å²) in [5, 5.41) is 2.75. The van der Waals surface area contributed by atoms with Crippen LogP contribution in [0.2, 0.25) is 0 Å². The molecule has 0 aliphatic carbocycles. The third kappa shape index (κ3) is 4.77. The molecule has 0 radical (unpaired) electrons. The van der Waals surface area contributed by atoms with Crippen LogP contribution >= 0.6 is 0 Å². The number of rotatable bonds is 6. The standard InChI is InChI=1S/C16H22N2O3/c1-13(21-14-7-3-2-4-8-14)16(20)17-10-9-15(19)18-11-5-6-12-18/h2-4,7-8,13H,5-6,9-12H2,1H3,(H,17,20). The Morgan fingerprint density at radius 1 is 1.24 bits per heavy atom. The van der Waals surface area contributed by atoms with Crippen molar-refractivity contribution >= 4 is 11.8 Å². The quantitative estimate of drug-likeness (QED) is 0.865. The molecule has 1 saturated heterocycles. The number of ether oxygens (including phenoxy) is 1. The molecule has 5 nitrogen and oxygen atoms in total. The molecule has 5 heteroatoms. The van der Waals surface area contributed by atoms with Crippen LogP contribution in [0.5, 0.6) is 5.75 Å². The van der Waals surface area contributed by atoms with Crippen LogP contribution in [0.4, 0.5) is 0 Å². The summed E-state index contributed by atoms with van der Waals surface area (Å²) < 4.78 is 5.53. The number of hydrogen-bond donors (Lipinski definition) is 1. The fourth-order valence-corrected chi connectivity index (χ4v) is 2.32. The molecule has 2 amide bonds. The second kappa shape index (κ2) is 7.67. The summed E-state index contributed by atoms with van der Waals surface area (Å²) in [6, 6.07) is 9.21. The molecule has 114 valence electrons. The van der Waals surface area contributed by atoms with Gasteiger partial charge in [-0.3, -0.25) is 9.59 Å². The molecule has 0 bridgehead atoms. The van der Waals surface area contributed by atoms with Gasteiger partial charge in [0.25, 0.3) is 5.91 Å². The molecule has 1 aromatic rings. The van der Waals surface area contributed by atoms with Crippen molar-refractivity contribution in [2.24, 2.45) is 0 Å². The number of carbonyl (C=O) groups is 2. The highest BCUT2D eigenvalue weighted by atomic mass is 16.5. The summed E-state index contributed by atoms with van der Waals surface area (Å²) in [7, 11) is 0. The number of nitrogens with one attached hydrogen (secondary N) is 1. The molecule has 1 atom stereocenters. The van der Waals surface area contributed by atoms with Gasteiger partial charge in [-0.2, -0.15) is 0 Å². The monoisotopic (exact) mass is 290 g/mol. The van der Waals surface area contributed by atoms with Gasteiger partial charge >= 0.3 is 0 Å². The maximum Gasteiger partial charge on any atom is 0.260 e. The number of benzene rings is 1. The van der Waals surface area contributed by atoms with Gasteiger partial charge in [-0.1, -0.05) is 18.2 Å². The van der Waals surface area contributed by atoms with Crippen LogP contribution in [0, 0.1) is 0 Å². The normalized spacial score (nSPS) is 15.6. The van der Waals surface area contributed by atoms with E-state index in [-0.39, 0.29) is 11.8 Å². The van der Waals surface area contributed by atoms with Gasteiger partial charge in [-0.25, -0.2) is 0 Å². The van der Waals surface area contributed by atoms with Crippen molar-refractivity contribution in [1.29, 1.82) is 0 Å². The van der Waals surface area contributed by atoms with Crippen molar-refractivity contribution in [2.75, 3.05) is 19.6 Å². The highest BCUT2D eigenvalue weighted by Gasteiger charge is 2.18. The van der Waals surface area contributed by atoms with Crippen LogP contribution in [-0.4, -0.2) is 42.5 Å². The van der Waals surface area contributed by atoms with E-state index in [2.05, 4.69) is 5.32 Å². The average Bonchev–Trinajstić information content (AvgIpc) is 3.02. The summed E-state index contributed by atoms with van der Waals surface area (Å²) in [4.78, 5) is 25.6. The van der Waals surface area contributed by atoms with E-state index in [0.717, 1.165) is 25.9 Å². The Morgan fingerprint density at radius 2 is 1.90 bits per heavy atom. The second-order valence-electron chi connectivity index (χ2n) is 5.20. The number of carbonyl (C=O) groups excluding carboxylic acids is 2. The van der Waals surface area contributed by atoms with E-state index in [9.17, 15) is 9.59 Å². The Labute approximate surface area is 125 Å². The van der Waals surface area contributed by atoms with Crippen molar-refractivity contribution in [3.8, 4) is 5.75 Å². The molecule has 1 aromatic carbocycles. The van der Waals surface area contributed by atoms with Crippen molar-refractivity contribution in [3.63, 3.8) is 0 Å². The highest BCUT2D eigenvalue weighted by Crippen LogP contribution is 2.11. The zero-order chi connectivity index (χ0) is 15.1. The Kier molecular flexibility index (Phi) is 5.60. The summed E-state index contributed by atoms with van der Waals surface area (Å²) >= 11 is 0. The van der Waals surface area contributed by atoms with Gasteiger partial charge in [-0.15, -0.1) is 0 Å². The lowest BCUT2D eigenvalue weighted by Gasteiger charge is -2.17. The van der Waals surface area contributed by atoms with Crippen LogP contribution in [-0.2, 0) is 9.59 Å². The van der Waals surface area contributed by atoms with Crippen LogP contribution in [0.3, 0.4) is 0 Å².